The van der Waals surface area contributed by atoms with Crippen molar-refractivity contribution in [2.24, 2.45) is 4.99 Å². The number of rotatable bonds is 8. The summed E-state index contributed by atoms with van der Waals surface area (Å²) in [5, 5.41) is 7.01. The fraction of sp³-hybridized carbons (Fsp3) is 0.667. The zero-order chi connectivity index (χ0) is 19.6. The summed E-state index contributed by atoms with van der Waals surface area (Å²) in [6, 6.07) is 6.78. The van der Waals surface area contributed by atoms with Crippen molar-refractivity contribution in [2.75, 3.05) is 41.4 Å². The van der Waals surface area contributed by atoms with Crippen molar-refractivity contribution in [2.45, 2.75) is 51.1 Å². The molecule has 0 amide bonds. The second kappa shape index (κ2) is 11.0. The van der Waals surface area contributed by atoms with Crippen LogP contribution in [-0.2, 0) is 0 Å². The maximum absolute atomic E-state index is 5.47. The SMILES string of the molecule is CCNC(=NCC(c1ccc(OC)c(OC)c1)N(C)C)NC1CCCCC1. The van der Waals surface area contributed by atoms with Gasteiger partial charge in [0.25, 0.3) is 0 Å². The quantitative estimate of drug-likeness (QED) is 0.539. The number of nitrogens with one attached hydrogen (secondary N) is 2. The molecule has 0 aliphatic heterocycles. The molecule has 1 fully saturated rings. The Bertz CT molecular complexity index is 598. The topological polar surface area (TPSA) is 58.1 Å². The molecule has 1 atom stereocenters. The molecule has 1 unspecified atom stereocenters. The molecule has 0 heterocycles. The van der Waals surface area contributed by atoms with Gasteiger partial charge in [0.15, 0.2) is 17.5 Å². The zero-order valence-corrected chi connectivity index (χ0v) is 17.5. The predicted molar refractivity (Wildman–Crippen MR) is 112 cm³/mol. The van der Waals surface area contributed by atoms with Crippen molar-refractivity contribution in [1.82, 2.24) is 15.5 Å². The van der Waals surface area contributed by atoms with Gasteiger partial charge in [-0.15, -0.1) is 0 Å². The average molecular weight is 377 g/mol. The van der Waals surface area contributed by atoms with Gasteiger partial charge in [-0.05, 0) is 51.6 Å². The van der Waals surface area contributed by atoms with Gasteiger partial charge in [0, 0.05) is 12.6 Å². The monoisotopic (exact) mass is 376 g/mol. The van der Waals surface area contributed by atoms with Crippen LogP contribution < -0.4 is 20.1 Å². The summed E-state index contributed by atoms with van der Waals surface area (Å²) >= 11 is 0. The Balaban J connectivity index is 2.13. The second-order valence-corrected chi connectivity index (χ2v) is 7.29. The number of hydrogen-bond donors (Lipinski definition) is 2. The molecule has 0 saturated heterocycles. The Morgan fingerprint density at radius 3 is 2.44 bits per heavy atom. The van der Waals surface area contributed by atoms with E-state index in [9.17, 15) is 0 Å². The largest absolute Gasteiger partial charge is 0.493 e. The van der Waals surface area contributed by atoms with Gasteiger partial charge in [-0.1, -0.05) is 25.3 Å². The van der Waals surface area contributed by atoms with Crippen LogP contribution in [0.15, 0.2) is 23.2 Å². The lowest BCUT2D eigenvalue weighted by Crippen LogP contribution is -2.44. The van der Waals surface area contributed by atoms with Gasteiger partial charge in [-0.2, -0.15) is 0 Å². The number of nitrogens with zero attached hydrogens (tertiary/aromatic N) is 2. The van der Waals surface area contributed by atoms with Crippen molar-refractivity contribution in [1.29, 1.82) is 0 Å². The van der Waals surface area contributed by atoms with E-state index >= 15 is 0 Å². The van der Waals surface area contributed by atoms with Crippen LogP contribution in [0, 0.1) is 0 Å². The molecule has 1 aromatic carbocycles. The summed E-state index contributed by atoms with van der Waals surface area (Å²) in [7, 11) is 7.49. The molecule has 0 spiro atoms. The Kier molecular flexibility index (Phi) is 8.72. The highest BCUT2D eigenvalue weighted by Gasteiger charge is 2.18. The lowest BCUT2D eigenvalue weighted by molar-refractivity contribution is 0.303. The molecule has 1 saturated carbocycles. The molecule has 0 bridgehead atoms. The first kappa shape index (κ1) is 21.4. The predicted octanol–water partition coefficient (Wildman–Crippen LogP) is 3.19. The number of hydrogen-bond acceptors (Lipinski definition) is 4. The molecule has 6 heteroatoms. The minimum atomic E-state index is 0.159. The maximum atomic E-state index is 5.47. The van der Waals surface area contributed by atoms with Crippen LogP contribution in [0.4, 0.5) is 0 Å². The third kappa shape index (κ3) is 6.31. The first-order chi connectivity index (χ1) is 13.1. The van der Waals surface area contributed by atoms with E-state index in [4.69, 9.17) is 14.5 Å². The smallest absolute Gasteiger partial charge is 0.191 e. The highest BCUT2D eigenvalue weighted by Crippen LogP contribution is 2.31. The summed E-state index contributed by atoms with van der Waals surface area (Å²) in [4.78, 5) is 7.07. The van der Waals surface area contributed by atoms with Crippen LogP contribution in [0.25, 0.3) is 0 Å². The third-order valence-corrected chi connectivity index (χ3v) is 5.13. The molecule has 1 aromatic rings. The van der Waals surface area contributed by atoms with Crippen molar-refractivity contribution < 1.29 is 9.47 Å². The van der Waals surface area contributed by atoms with Crippen LogP contribution in [0.5, 0.6) is 11.5 Å². The number of benzene rings is 1. The van der Waals surface area contributed by atoms with Crippen molar-refractivity contribution >= 4 is 5.96 Å². The van der Waals surface area contributed by atoms with Crippen molar-refractivity contribution in [3.63, 3.8) is 0 Å². The van der Waals surface area contributed by atoms with E-state index < -0.39 is 0 Å². The van der Waals surface area contributed by atoms with Gasteiger partial charge in [0.05, 0.1) is 26.8 Å². The van der Waals surface area contributed by atoms with E-state index in [0.29, 0.717) is 12.6 Å². The lowest BCUT2D eigenvalue weighted by atomic mass is 9.96. The Morgan fingerprint density at radius 1 is 1.15 bits per heavy atom. The number of likely N-dealkylation sites (N-methyl/N-ethyl adjacent to an activating group) is 1. The minimum Gasteiger partial charge on any atom is -0.493 e. The molecule has 6 nitrogen and oxygen atoms in total. The maximum Gasteiger partial charge on any atom is 0.191 e. The number of guanidine groups is 1. The van der Waals surface area contributed by atoms with E-state index in [2.05, 4.69) is 42.6 Å². The molecule has 0 aromatic heterocycles. The van der Waals surface area contributed by atoms with Gasteiger partial charge in [0.1, 0.15) is 0 Å². The molecule has 2 N–H and O–H groups in total. The van der Waals surface area contributed by atoms with Crippen LogP contribution in [0.3, 0.4) is 0 Å². The molecule has 27 heavy (non-hydrogen) atoms. The Morgan fingerprint density at radius 2 is 1.85 bits per heavy atom. The van der Waals surface area contributed by atoms with E-state index in [1.807, 2.05) is 12.1 Å². The molecule has 1 aliphatic rings. The van der Waals surface area contributed by atoms with E-state index in [-0.39, 0.29) is 6.04 Å². The molecule has 1 aliphatic carbocycles. The zero-order valence-electron chi connectivity index (χ0n) is 17.5. The molecule has 2 rings (SSSR count). The summed E-state index contributed by atoms with van der Waals surface area (Å²) in [5.41, 5.74) is 1.16. The highest BCUT2D eigenvalue weighted by atomic mass is 16.5. The van der Waals surface area contributed by atoms with Crippen molar-refractivity contribution in [3.8, 4) is 11.5 Å². The van der Waals surface area contributed by atoms with E-state index in [1.165, 1.54) is 32.1 Å². The lowest BCUT2D eigenvalue weighted by Gasteiger charge is -2.27. The summed E-state index contributed by atoms with van der Waals surface area (Å²) in [5.74, 6) is 2.41. The normalized spacial score (nSPS) is 16.9. The van der Waals surface area contributed by atoms with Gasteiger partial charge >= 0.3 is 0 Å². The Hall–Kier alpha value is -1.95. The highest BCUT2D eigenvalue weighted by molar-refractivity contribution is 5.80. The van der Waals surface area contributed by atoms with Crippen LogP contribution in [0.1, 0.15) is 50.6 Å². The average Bonchev–Trinajstić information content (AvgIpc) is 2.68. The van der Waals surface area contributed by atoms with E-state index in [0.717, 1.165) is 29.6 Å². The summed E-state index contributed by atoms with van der Waals surface area (Å²) < 4.78 is 10.8. The van der Waals surface area contributed by atoms with E-state index in [1.54, 1.807) is 14.2 Å². The number of ether oxygens (including phenoxy) is 2. The fourth-order valence-electron chi connectivity index (χ4n) is 3.56. The third-order valence-electron chi connectivity index (χ3n) is 5.13. The number of aliphatic imine (C=N–C) groups is 1. The van der Waals surface area contributed by atoms with Crippen molar-refractivity contribution in [3.05, 3.63) is 23.8 Å². The Labute approximate surface area is 164 Å². The van der Waals surface area contributed by atoms with Crippen LogP contribution in [0.2, 0.25) is 0 Å². The first-order valence-corrected chi connectivity index (χ1v) is 10.0. The number of methoxy groups -OCH3 is 2. The van der Waals surface area contributed by atoms with Gasteiger partial charge in [-0.25, -0.2) is 0 Å². The minimum absolute atomic E-state index is 0.159. The molecule has 0 radical (unpaired) electrons. The standard InChI is InChI=1S/C21H36N4O2/c1-6-22-21(24-17-10-8-7-9-11-17)23-15-18(25(2)3)16-12-13-19(26-4)20(14-16)27-5/h12-14,17-18H,6-11,15H2,1-5H3,(H2,22,23,24). The van der Waals surface area contributed by atoms with Crippen LogP contribution in [-0.4, -0.2) is 58.3 Å². The molecular weight excluding hydrogens is 340 g/mol. The summed E-state index contributed by atoms with van der Waals surface area (Å²) in [6.45, 7) is 3.64. The molecule has 152 valence electrons. The van der Waals surface area contributed by atoms with Gasteiger partial charge < -0.3 is 25.0 Å². The second-order valence-electron chi connectivity index (χ2n) is 7.29. The summed E-state index contributed by atoms with van der Waals surface area (Å²) in [6.07, 6.45) is 6.44. The van der Waals surface area contributed by atoms with Crippen LogP contribution >= 0.6 is 0 Å². The first-order valence-electron chi connectivity index (χ1n) is 10.0. The van der Waals surface area contributed by atoms with Gasteiger partial charge in [-0.3, -0.25) is 4.99 Å². The fourth-order valence-corrected chi connectivity index (χ4v) is 3.56. The van der Waals surface area contributed by atoms with Gasteiger partial charge in [0.2, 0.25) is 0 Å². The molecular formula is C21H36N4O2.